The Morgan fingerprint density at radius 3 is 2.41 bits per heavy atom. The first-order valence-electron chi connectivity index (χ1n) is 12.0. The first-order chi connectivity index (χ1) is 15.9. The molecule has 0 aromatic carbocycles. The number of aliphatic hydroxyl groups is 1. The largest absolute Gasteiger partial charge is 0.481 e. The topological polar surface area (TPSA) is 119 Å². The van der Waals surface area contributed by atoms with Crippen molar-refractivity contribution < 1.29 is 38.8 Å². The van der Waals surface area contributed by atoms with Crippen LogP contribution in [0.15, 0.2) is 23.8 Å². The summed E-state index contributed by atoms with van der Waals surface area (Å²) in [5.41, 5.74) is 0.711. The van der Waals surface area contributed by atoms with E-state index in [2.05, 4.69) is 6.92 Å². The number of ketones is 1. The van der Waals surface area contributed by atoms with E-state index in [4.69, 9.17) is 19.3 Å². The first-order valence-corrected chi connectivity index (χ1v) is 12.0. The van der Waals surface area contributed by atoms with Crippen LogP contribution in [0.25, 0.3) is 0 Å². The molecule has 0 radical (unpaired) electrons. The van der Waals surface area contributed by atoms with Gasteiger partial charge >= 0.3 is 11.9 Å². The number of methoxy groups -OCH3 is 2. The lowest BCUT2D eigenvalue weighted by atomic mass is 9.86. The van der Waals surface area contributed by atoms with Crippen LogP contribution in [0, 0.1) is 23.7 Å². The number of hydrogen-bond acceptors (Lipinski definition) is 7. The quantitative estimate of drug-likeness (QED) is 0.378. The predicted molar refractivity (Wildman–Crippen MR) is 128 cm³/mol. The summed E-state index contributed by atoms with van der Waals surface area (Å²) < 4.78 is 16.3. The molecule has 0 aromatic rings. The normalized spacial score (nSPS) is 30.8. The van der Waals surface area contributed by atoms with Crippen molar-refractivity contribution in [2.45, 2.75) is 84.7 Å². The summed E-state index contributed by atoms with van der Waals surface area (Å²) in [6, 6.07) is 0. The van der Waals surface area contributed by atoms with Gasteiger partial charge in [0.25, 0.3) is 0 Å². The summed E-state index contributed by atoms with van der Waals surface area (Å²) in [4.78, 5) is 36.8. The number of ether oxygens (including phenoxy) is 3. The molecule has 8 heteroatoms. The van der Waals surface area contributed by atoms with Crippen LogP contribution in [-0.2, 0) is 28.6 Å². The number of rotatable bonds is 9. The zero-order valence-corrected chi connectivity index (χ0v) is 21.5. The maximum Gasteiger partial charge on any atom is 0.338 e. The number of allylic oxidation sites excluding steroid dienone is 2. The summed E-state index contributed by atoms with van der Waals surface area (Å²) in [5, 5.41) is 19.6. The summed E-state index contributed by atoms with van der Waals surface area (Å²) >= 11 is 0. The van der Waals surface area contributed by atoms with Crippen LogP contribution in [0.2, 0.25) is 0 Å². The van der Waals surface area contributed by atoms with Crippen molar-refractivity contribution in [2.24, 2.45) is 23.7 Å². The molecule has 8 nitrogen and oxygen atoms in total. The zero-order chi connectivity index (χ0) is 26.0. The zero-order valence-electron chi connectivity index (χ0n) is 21.5. The molecule has 0 aromatic heterocycles. The van der Waals surface area contributed by atoms with Crippen molar-refractivity contribution in [1.82, 2.24) is 0 Å². The third-order valence-corrected chi connectivity index (χ3v) is 6.63. The van der Waals surface area contributed by atoms with Crippen LogP contribution in [0.4, 0.5) is 0 Å². The fraction of sp³-hybridized carbons (Fsp3) is 0.731. The summed E-state index contributed by atoms with van der Waals surface area (Å²) in [7, 11) is 2.82. The van der Waals surface area contributed by atoms with E-state index in [1.165, 1.54) is 14.2 Å². The molecule has 0 spiro atoms. The van der Waals surface area contributed by atoms with Gasteiger partial charge in [-0.15, -0.1) is 0 Å². The number of carboxylic acid groups (broad SMARTS) is 1. The van der Waals surface area contributed by atoms with Gasteiger partial charge in [0, 0.05) is 26.1 Å². The monoisotopic (exact) mass is 482 g/mol. The van der Waals surface area contributed by atoms with Crippen LogP contribution in [0.3, 0.4) is 0 Å². The average Bonchev–Trinajstić information content (AvgIpc) is 2.78. The Kier molecular flexibility index (Phi) is 12.7. The Hall–Kier alpha value is -2.03. The average molecular weight is 483 g/mol. The number of aliphatic hydroxyl groups excluding tert-OH is 1. The molecule has 2 N–H and O–H groups in total. The van der Waals surface area contributed by atoms with E-state index in [1.807, 2.05) is 19.9 Å². The Morgan fingerprint density at radius 2 is 1.85 bits per heavy atom. The fourth-order valence-electron chi connectivity index (χ4n) is 4.41. The maximum atomic E-state index is 13.0. The Balaban J connectivity index is 3.13. The molecule has 8 unspecified atom stereocenters. The van der Waals surface area contributed by atoms with E-state index in [0.717, 1.165) is 19.3 Å². The van der Waals surface area contributed by atoms with Gasteiger partial charge in [-0.25, -0.2) is 4.79 Å². The van der Waals surface area contributed by atoms with Crippen molar-refractivity contribution in [3.05, 3.63) is 23.8 Å². The minimum atomic E-state index is -1.46. The van der Waals surface area contributed by atoms with Crippen molar-refractivity contribution in [1.29, 1.82) is 0 Å². The third-order valence-electron chi connectivity index (χ3n) is 6.63. The molecule has 1 aliphatic heterocycles. The third kappa shape index (κ3) is 8.96. The smallest absolute Gasteiger partial charge is 0.338 e. The van der Waals surface area contributed by atoms with Gasteiger partial charge in [-0.1, -0.05) is 52.3 Å². The lowest BCUT2D eigenvalue weighted by Gasteiger charge is -2.29. The molecule has 1 rings (SSSR count). The second-order valence-electron chi connectivity index (χ2n) is 9.54. The molecule has 1 heterocycles. The lowest BCUT2D eigenvalue weighted by Crippen LogP contribution is -2.39. The lowest BCUT2D eigenvalue weighted by molar-refractivity contribution is -0.165. The van der Waals surface area contributed by atoms with E-state index in [0.29, 0.717) is 5.57 Å². The molecule has 194 valence electrons. The second-order valence-corrected chi connectivity index (χ2v) is 9.54. The molecule has 0 bridgehead atoms. The molecule has 1 aliphatic rings. The number of carbonyl (C=O) groups is 3. The SMILES string of the molecule is COC1/C=C/C(C)CCCC(C)C(C(C)=CC(C)C(=O)C(C)C(CC(=O)O)OC)OC(=O)C1O. The van der Waals surface area contributed by atoms with Gasteiger partial charge in [0.15, 0.2) is 6.10 Å². The molecular formula is C26H42O8. The molecule has 0 amide bonds. The van der Waals surface area contributed by atoms with Gasteiger partial charge in [0.05, 0.1) is 12.5 Å². The molecule has 0 saturated heterocycles. The standard InChI is InChI=1S/C26H42O8/c1-15-9-8-10-16(2)25(34-26(31)24(30)20(32-6)12-11-15)18(4)13-17(3)23(29)19(5)21(33-7)14-22(27)28/h11-13,15-17,19-21,24-25,30H,8-10,14H2,1-7H3,(H,27,28)/b12-11+,18-13?. The Bertz CT molecular complexity index is 743. The molecule has 34 heavy (non-hydrogen) atoms. The maximum absolute atomic E-state index is 13.0. The van der Waals surface area contributed by atoms with Crippen LogP contribution in [0.1, 0.15) is 60.3 Å². The van der Waals surface area contributed by atoms with Crippen LogP contribution >= 0.6 is 0 Å². The van der Waals surface area contributed by atoms with Crippen LogP contribution in [-0.4, -0.2) is 66.6 Å². The number of aliphatic carboxylic acids is 1. The van der Waals surface area contributed by atoms with Gasteiger partial charge in [0.1, 0.15) is 18.0 Å². The number of esters is 1. The molecule has 0 aliphatic carbocycles. The number of hydrogen-bond donors (Lipinski definition) is 2. The summed E-state index contributed by atoms with van der Waals surface area (Å²) in [6.45, 7) is 9.28. The highest BCUT2D eigenvalue weighted by Gasteiger charge is 2.33. The highest BCUT2D eigenvalue weighted by atomic mass is 16.6. The van der Waals surface area contributed by atoms with E-state index in [-0.39, 0.29) is 24.0 Å². The van der Waals surface area contributed by atoms with Gasteiger partial charge in [-0.3, -0.25) is 9.59 Å². The number of Topliss-reactive ketones (excluding diaryl/α,β-unsaturated/α-hetero) is 1. The van der Waals surface area contributed by atoms with E-state index in [9.17, 15) is 19.5 Å². The minimum absolute atomic E-state index is 0.0255. The predicted octanol–water partition coefficient (Wildman–Crippen LogP) is 3.56. The number of carboxylic acids is 1. The van der Waals surface area contributed by atoms with Crippen LogP contribution in [0.5, 0.6) is 0 Å². The van der Waals surface area contributed by atoms with Crippen molar-refractivity contribution in [3.63, 3.8) is 0 Å². The number of carbonyl (C=O) groups excluding carboxylic acids is 2. The Labute approximate surface area is 203 Å². The molecular weight excluding hydrogens is 440 g/mol. The Morgan fingerprint density at radius 1 is 1.21 bits per heavy atom. The number of cyclic esters (lactones) is 1. The molecule has 0 saturated carbocycles. The van der Waals surface area contributed by atoms with Crippen molar-refractivity contribution in [2.75, 3.05) is 14.2 Å². The van der Waals surface area contributed by atoms with Crippen molar-refractivity contribution >= 4 is 17.7 Å². The summed E-state index contributed by atoms with van der Waals surface area (Å²) in [5.74, 6) is -2.86. The van der Waals surface area contributed by atoms with Gasteiger partial charge in [0.2, 0.25) is 0 Å². The summed E-state index contributed by atoms with van der Waals surface area (Å²) in [6.07, 6.45) is 4.23. The highest BCUT2D eigenvalue weighted by Crippen LogP contribution is 2.27. The van der Waals surface area contributed by atoms with Gasteiger partial charge in [-0.05, 0) is 37.2 Å². The van der Waals surface area contributed by atoms with Crippen molar-refractivity contribution in [3.8, 4) is 0 Å². The molecule has 8 atom stereocenters. The molecule has 0 fully saturated rings. The van der Waals surface area contributed by atoms with E-state index >= 15 is 0 Å². The fourth-order valence-corrected chi connectivity index (χ4v) is 4.41. The second kappa shape index (κ2) is 14.4. The highest BCUT2D eigenvalue weighted by molar-refractivity contribution is 5.85. The van der Waals surface area contributed by atoms with Gasteiger partial charge in [-0.2, -0.15) is 0 Å². The van der Waals surface area contributed by atoms with Gasteiger partial charge < -0.3 is 24.4 Å². The van der Waals surface area contributed by atoms with Crippen LogP contribution < -0.4 is 0 Å². The van der Waals surface area contributed by atoms with E-state index in [1.54, 1.807) is 26.0 Å². The van der Waals surface area contributed by atoms with E-state index < -0.39 is 48.2 Å². The minimum Gasteiger partial charge on any atom is -0.481 e. The first kappa shape index (κ1) is 30.0.